The molecule has 4 rings (SSSR count). The molecule has 0 N–H and O–H groups in total. The Labute approximate surface area is 163 Å². The number of imidazole rings is 1. The van der Waals surface area contributed by atoms with Crippen LogP contribution in [-0.2, 0) is 0 Å². The average Bonchev–Trinajstić information content (AvgIpc) is 3.38. The number of piperidine rings is 1. The lowest BCUT2D eigenvalue weighted by atomic mass is 10.0. The van der Waals surface area contributed by atoms with Gasteiger partial charge in [-0.1, -0.05) is 25.9 Å². The fourth-order valence-corrected chi connectivity index (χ4v) is 3.37. The normalized spacial score (nSPS) is 17.3. The van der Waals surface area contributed by atoms with E-state index in [1.807, 2.05) is 30.9 Å². The maximum atomic E-state index is 12.7. The lowest BCUT2D eigenvalue weighted by molar-refractivity contribution is 0.0677. The molecule has 3 aromatic heterocycles. The summed E-state index contributed by atoms with van der Waals surface area (Å²) in [5.41, 5.74) is 1.21. The summed E-state index contributed by atoms with van der Waals surface area (Å²) in [5, 5.41) is 4.00. The van der Waals surface area contributed by atoms with Crippen molar-refractivity contribution in [2.75, 3.05) is 13.1 Å². The van der Waals surface area contributed by atoms with E-state index in [1.54, 1.807) is 23.3 Å². The predicted octanol–water partition coefficient (Wildman–Crippen LogP) is 3.31. The number of aromatic nitrogens is 5. The summed E-state index contributed by atoms with van der Waals surface area (Å²) in [6.07, 6.45) is 7.22. The molecule has 4 heterocycles. The molecule has 0 spiro atoms. The van der Waals surface area contributed by atoms with Crippen molar-refractivity contribution in [3.05, 3.63) is 42.4 Å². The highest BCUT2D eigenvalue weighted by molar-refractivity contribution is 5.92. The van der Waals surface area contributed by atoms with Gasteiger partial charge in [0.15, 0.2) is 5.82 Å². The highest BCUT2D eigenvalue weighted by Crippen LogP contribution is 2.22. The first-order chi connectivity index (χ1) is 13.5. The van der Waals surface area contributed by atoms with Crippen molar-refractivity contribution in [1.29, 1.82) is 0 Å². The zero-order valence-corrected chi connectivity index (χ0v) is 16.4. The Bertz CT molecular complexity index is 976. The smallest absolute Gasteiger partial charge is 0.274 e. The van der Waals surface area contributed by atoms with Crippen molar-refractivity contribution in [3.63, 3.8) is 0 Å². The SMILES string of the molecule is CC1CCCN(C(=O)c2cn(-c3cc(-c4nc(C(C)C)no4)ccn3)cn2)C1. The van der Waals surface area contributed by atoms with Crippen LogP contribution in [0, 0.1) is 5.92 Å². The Hall–Kier alpha value is -3.03. The third kappa shape index (κ3) is 3.67. The Balaban J connectivity index is 1.56. The van der Waals surface area contributed by atoms with Crippen LogP contribution in [0.5, 0.6) is 0 Å². The van der Waals surface area contributed by atoms with Crippen molar-refractivity contribution in [2.45, 2.75) is 39.5 Å². The van der Waals surface area contributed by atoms with Gasteiger partial charge in [-0.25, -0.2) is 9.97 Å². The molecule has 1 aliphatic heterocycles. The monoisotopic (exact) mass is 380 g/mol. The molecule has 28 heavy (non-hydrogen) atoms. The number of likely N-dealkylation sites (tertiary alicyclic amines) is 1. The molecule has 1 unspecified atom stereocenters. The molecule has 0 aromatic carbocycles. The van der Waals surface area contributed by atoms with Crippen LogP contribution in [0.3, 0.4) is 0 Å². The van der Waals surface area contributed by atoms with Crippen LogP contribution in [0.1, 0.15) is 55.8 Å². The molecule has 1 atom stereocenters. The number of carbonyl (C=O) groups is 1. The summed E-state index contributed by atoms with van der Waals surface area (Å²) < 4.78 is 7.10. The number of pyridine rings is 1. The Morgan fingerprint density at radius 2 is 2.18 bits per heavy atom. The van der Waals surface area contributed by atoms with E-state index < -0.39 is 0 Å². The van der Waals surface area contributed by atoms with Crippen LogP contribution < -0.4 is 0 Å². The lowest BCUT2D eigenvalue weighted by Gasteiger charge is -2.30. The lowest BCUT2D eigenvalue weighted by Crippen LogP contribution is -2.39. The van der Waals surface area contributed by atoms with E-state index in [9.17, 15) is 4.79 Å². The first-order valence-electron chi connectivity index (χ1n) is 9.65. The van der Waals surface area contributed by atoms with Gasteiger partial charge in [-0.3, -0.25) is 9.36 Å². The number of rotatable bonds is 4. The van der Waals surface area contributed by atoms with Crippen molar-refractivity contribution in [2.24, 2.45) is 5.92 Å². The van der Waals surface area contributed by atoms with Gasteiger partial charge < -0.3 is 9.42 Å². The van der Waals surface area contributed by atoms with Gasteiger partial charge in [-0.2, -0.15) is 4.98 Å². The second-order valence-corrected chi connectivity index (χ2v) is 7.68. The van der Waals surface area contributed by atoms with Gasteiger partial charge in [0.25, 0.3) is 11.8 Å². The molecule has 0 saturated carbocycles. The van der Waals surface area contributed by atoms with E-state index in [4.69, 9.17) is 4.52 Å². The van der Waals surface area contributed by atoms with Gasteiger partial charge in [-0.05, 0) is 30.9 Å². The summed E-state index contributed by atoms with van der Waals surface area (Å²) in [6.45, 7) is 7.78. The van der Waals surface area contributed by atoms with Crippen molar-refractivity contribution in [1.82, 2.24) is 29.6 Å². The summed E-state index contributed by atoms with van der Waals surface area (Å²) in [4.78, 5) is 27.7. The van der Waals surface area contributed by atoms with Crippen LogP contribution in [0.4, 0.5) is 0 Å². The first kappa shape index (κ1) is 18.3. The van der Waals surface area contributed by atoms with Gasteiger partial charge in [0, 0.05) is 37.0 Å². The third-order valence-corrected chi connectivity index (χ3v) is 4.96. The van der Waals surface area contributed by atoms with Crippen LogP contribution in [-0.4, -0.2) is 48.6 Å². The number of carbonyl (C=O) groups excluding carboxylic acids is 1. The molecule has 1 saturated heterocycles. The van der Waals surface area contributed by atoms with Crippen LogP contribution >= 0.6 is 0 Å². The Morgan fingerprint density at radius 3 is 2.93 bits per heavy atom. The molecule has 3 aromatic rings. The molecular formula is C20H24N6O2. The molecule has 1 aliphatic rings. The summed E-state index contributed by atoms with van der Waals surface area (Å²) in [5.74, 6) is 2.45. The van der Waals surface area contributed by atoms with Crippen molar-refractivity contribution < 1.29 is 9.32 Å². The van der Waals surface area contributed by atoms with Gasteiger partial charge >= 0.3 is 0 Å². The highest BCUT2D eigenvalue weighted by atomic mass is 16.5. The van der Waals surface area contributed by atoms with Gasteiger partial charge in [0.1, 0.15) is 17.8 Å². The average molecular weight is 380 g/mol. The van der Waals surface area contributed by atoms with E-state index >= 15 is 0 Å². The quantitative estimate of drug-likeness (QED) is 0.690. The van der Waals surface area contributed by atoms with Crippen LogP contribution in [0.15, 0.2) is 35.4 Å². The molecular weight excluding hydrogens is 356 g/mol. The first-order valence-corrected chi connectivity index (χ1v) is 9.65. The minimum absolute atomic E-state index is 0.0278. The van der Waals surface area contributed by atoms with Crippen LogP contribution in [0.2, 0.25) is 0 Å². The van der Waals surface area contributed by atoms with Gasteiger partial charge in [0.2, 0.25) is 0 Å². The Kier molecular flexibility index (Phi) is 4.93. The molecule has 1 amide bonds. The second-order valence-electron chi connectivity index (χ2n) is 7.68. The fourth-order valence-electron chi connectivity index (χ4n) is 3.37. The highest BCUT2D eigenvalue weighted by Gasteiger charge is 2.23. The van der Waals surface area contributed by atoms with Gasteiger partial charge in [0.05, 0.1) is 0 Å². The molecule has 8 heteroatoms. The van der Waals surface area contributed by atoms with E-state index in [1.165, 1.54) is 6.42 Å². The van der Waals surface area contributed by atoms with E-state index in [0.717, 1.165) is 25.1 Å². The van der Waals surface area contributed by atoms with Crippen LogP contribution in [0.25, 0.3) is 17.3 Å². The van der Waals surface area contributed by atoms with E-state index in [-0.39, 0.29) is 11.8 Å². The number of amides is 1. The molecule has 0 radical (unpaired) electrons. The fraction of sp³-hybridized carbons (Fsp3) is 0.450. The number of hydrogen-bond acceptors (Lipinski definition) is 6. The molecule has 1 fully saturated rings. The largest absolute Gasteiger partial charge is 0.337 e. The standard InChI is InChI=1S/C20H24N6O2/c1-13(2)18-23-19(28-24-18)15-6-7-21-17(9-15)26-11-16(22-12-26)20(27)25-8-4-5-14(3)10-25/h6-7,9,11-14H,4-5,8,10H2,1-3H3. The molecule has 0 bridgehead atoms. The third-order valence-electron chi connectivity index (χ3n) is 4.96. The van der Waals surface area contributed by atoms with Crippen molar-refractivity contribution in [3.8, 4) is 17.3 Å². The zero-order chi connectivity index (χ0) is 19.7. The number of nitrogens with zero attached hydrogens (tertiary/aromatic N) is 6. The predicted molar refractivity (Wildman–Crippen MR) is 103 cm³/mol. The summed E-state index contributed by atoms with van der Waals surface area (Å²) in [7, 11) is 0. The molecule has 8 nitrogen and oxygen atoms in total. The minimum Gasteiger partial charge on any atom is -0.337 e. The Morgan fingerprint density at radius 1 is 1.32 bits per heavy atom. The van der Waals surface area contributed by atoms with Crippen molar-refractivity contribution >= 4 is 5.91 Å². The maximum Gasteiger partial charge on any atom is 0.274 e. The topological polar surface area (TPSA) is 89.9 Å². The second kappa shape index (κ2) is 7.53. The number of hydrogen-bond donors (Lipinski definition) is 0. The summed E-state index contributed by atoms with van der Waals surface area (Å²) >= 11 is 0. The van der Waals surface area contributed by atoms with Gasteiger partial charge in [-0.15, -0.1) is 0 Å². The van der Waals surface area contributed by atoms with E-state index in [2.05, 4.69) is 27.0 Å². The maximum absolute atomic E-state index is 12.7. The minimum atomic E-state index is -0.0278. The molecule has 146 valence electrons. The zero-order valence-electron chi connectivity index (χ0n) is 16.4. The molecule has 0 aliphatic carbocycles. The summed E-state index contributed by atoms with van der Waals surface area (Å²) in [6, 6.07) is 3.66. The van der Waals surface area contributed by atoms with E-state index in [0.29, 0.717) is 29.1 Å².